The Kier molecular flexibility index (Phi) is 3.71. The van der Waals surface area contributed by atoms with E-state index in [2.05, 4.69) is 37.8 Å². The summed E-state index contributed by atoms with van der Waals surface area (Å²) in [6.45, 7) is 5.78. The van der Waals surface area contributed by atoms with Crippen molar-refractivity contribution in [3.8, 4) is 0 Å². The molecule has 0 amide bonds. The average Bonchev–Trinajstić information content (AvgIpc) is 2.14. The Balaban J connectivity index is 2.65. The number of rotatable bonds is 4. The summed E-state index contributed by atoms with van der Waals surface area (Å²) in [6.07, 6.45) is 3.87. The van der Waals surface area contributed by atoms with Crippen molar-refractivity contribution in [2.45, 2.75) is 25.8 Å². The van der Waals surface area contributed by atoms with E-state index in [1.807, 2.05) is 6.08 Å². The Morgan fingerprint density at radius 2 is 2.31 bits per heavy atom. The van der Waals surface area contributed by atoms with E-state index in [1.54, 1.807) is 0 Å². The summed E-state index contributed by atoms with van der Waals surface area (Å²) in [6, 6.07) is 8.52. The van der Waals surface area contributed by atoms with Crippen LogP contribution >= 0.6 is 0 Å². The first kappa shape index (κ1) is 10.0. The van der Waals surface area contributed by atoms with Gasteiger partial charge in [0.2, 0.25) is 0 Å². The molecule has 0 unspecified atom stereocenters. The van der Waals surface area contributed by atoms with E-state index in [9.17, 15) is 0 Å². The van der Waals surface area contributed by atoms with Gasteiger partial charge in [-0.1, -0.05) is 35.9 Å². The normalized spacial score (nSPS) is 12.5. The predicted molar refractivity (Wildman–Crippen MR) is 57.5 cm³/mol. The van der Waals surface area contributed by atoms with Crippen molar-refractivity contribution >= 4 is 0 Å². The summed E-state index contributed by atoms with van der Waals surface area (Å²) in [4.78, 5) is 0. The molecule has 0 heterocycles. The summed E-state index contributed by atoms with van der Waals surface area (Å²) in [5.41, 5.74) is 8.50. The quantitative estimate of drug-likeness (QED) is 0.699. The second kappa shape index (κ2) is 4.83. The van der Waals surface area contributed by atoms with E-state index in [4.69, 9.17) is 5.73 Å². The molecule has 0 radical (unpaired) electrons. The largest absolute Gasteiger partial charge is 0.324 e. The molecule has 1 rings (SSSR count). The van der Waals surface area contributed by atoms with Gasteiger partial charge >= 0.3 is 0 Å². The molecule has 13 heavy (non-hydrogen) atoms. The minimum absolute atomic E-state index is 0.151. The summed E-state index contributed by atoms with van der Waals surface area (Å²) in [5.74, 6) is 0. The van der Waals surface area contributed by atoms with Crippen molar-refractivity contribution in [2.24, 2.45) is 5.73 Å². The molecule has 0 aliphatic heterocycles. The highest BCUT2D eigenvalue weighted by molar-refractivity contribution is 5.24. The molecule has 70 valence electrons. The first-order valence-electron chi connectivity index (χ1n) is 4.67. The van der Waals surface area contributed by atoms with Gasteiger partial charge in [-0.2, -0.15) is 0 Å². The van der Waals surface area contributed by atoms with E-state index < -0.39 is 0 Å². The lowest BCUT2D eigenvalue weighted by Gasteiger charge is -2.10. The highest BCUT2D eigenvalue weighted by Crippen LogP contribution is 2.16. The molecule has 0 fully saturated rings. The minimum atomic E-state index is 0.151. The topological polar surface area (TPSA) is 26.0 Å². The Morgan fingerprint density at radius 3 is 2.92 bits per heavy atom. The van der Waals surface area contributed by atoms with Crippen LogP contribution in [0.3, 0.4) is 0 Å². The molecule has 0 saturated heterocycles. The lowest BCUT2D eigenvalue weighted by atomic mass is 10.0. The van der Waals surface area contributed by atoms with Gasteiger partial charge in [-0.3, -0.25) is 0 Å². The van der Waals surface area contributed by atoms with Crippen LogP contribution in [0.2, 0.25) is 0 Å². The molecular weight excluding hydrogens is 158 g/mol. The molecule has 1 aromatic rings. The maximum Gasteiger partial charge on any atom is 0.0297 e. The third kappa shape index (κ3) is 3.03. The van der Waals surface area contributed by atoms with E-state index in [-0.39, 0.29) is 6.04 Å². The number of benzene rings is 1. The third-order valence-corrected chi connectivity index (χ3v) is 2.15. The molecule has 1 heteroatoms. The van der Waals surface area contributed by atoms with Crippen LogP contribution in [0.25, 0.3) is 0 Å². The van der Waals surface area contributed by atoms with Gasteiger partial charge < -0.3 is 5.73 Å². The first-order chi connectivity index (χ1) is 6.24. The molecule has 0 saturated carbocycles. The van der Waals surface area contributed by atoms with Gasteiger partial charge in [0.1, 0.15) is 0 Å². The molecule has 0 aliphatic rings. The summed E-state index contributed by atoms with van der Waals surface area (Å²) in [7, 11) is 0. The highest BCUT2D eigenvalue weighted by atomic mass is 14.6. The summed E-state index contributed by atoms with van der Waals surface area (Å²) >= 11 is 0. The monoisotopic (exact) mass is 175 g/mol. The fourth-order valence-electron chi connectivity index (χ4n) is 1.36. The Hall–Kier alpha value is -1.08. The van der Waals surface area contributed by atoms with Gasteiger partial charge in [0.25, 0.3) is 0 Å². The Bertz CT molecular complexity index is 278. The zero-order chi connectivity index (χ0) is 9.68. The van der Waals surface area contributed by atoms with Crippen LogP contribution in [0, 0.1) is 6.92 Å². The highest BCUT2D eigenvalue weighted by Gasteiger charge is 2.03. The second-order valence-electron chi connectivity index (χ2n) is 3.39. The fraction of sp³-hybridized carbons (Fsp3) is 0.333. The van der Waals surface area contributed by atoms with Crippen LogP contribution in [0.5, 0.6) is 0 Å². The Morgan fingerprint density at radius 1 is 1.54 bits per heavy atom. The molecule has 0 aromatic heterocycles. The smallest absolute Gasteiger partial charge is 0.0297 e. The van der Waals surface area contributed by atoms with Gasteiger partial charge in [-0.05, 0) is 25.3 Å². The van der Waals surface area contributed by atoms with Crippen LogP contribution < -0.4 is 5.73 Å². The van der Waals surface area contributed by atoms with Crippen molar-refractivity contribution in [2.75, 3.05) is 0 Å². The van der Waals surface area contributed by atoms with Gasteiger partial charge in [0, 0.05) is 6.04 Å². The Labute approximate surface area is 80.3 Å². The van der Waals surface area contributed by atoms with Crippen molar-refractivity contribution in [1.29, 1.82) is 0 Å². The number of nitrogens with two attached hydrogens (primary N) is 1. The lowest BCUT2D eigenvalue weighted by Crippen LogP contribution is -2.09. The molecule has 0 aliphatic carbocycles. The predicted octanol–water partition coefficient (Wildman–Crippen LogP) is 2.96. The lowest BCUT2D eigenvalue weighted by molar-refractivity contribution is 0.661. The van der Waals surface area contributed by atoms with Crippen LogP contribution in [0.4, 0.5) is 0 Å². The average molecular weight is 175 g/mol. The number of aryl methyl sites for hydroxylation is 1. The molecule has 0 spiro atoms. The van der Waals surface area contributed by atoms with E-state index >= 15 is 0 Å². The number of hydrogen-bond donors (Lipinski definition) is 1. The molecule has 1 atom stereocenters. The van der Waals surface area contributed by atoms with Gasteiger partial charge in [-0.15, -0.1) is 6.58 Å². The van der Waals surface area contributed by atoms with Crippen molar-refractivity contribution in [3.05, 3.63) is 48.0 Å². The fourth-order valence-corrected chi connectivity index (χ4v) is 1.36. The SMILES string of the molecule is C=CCC[C@H](N)c1cccc(C)c1. The number of allylic oxidation sites excluding steroid dienone is 1. The molecule has 1 nitrogen and oxygen atoms in total. The maximum atomic E-state index is 6.00. The van der Waals surface area contributed by atoms with Gasteiger partial charge in [0.15, 0.2) is 0 Å². The van der Waals surface area contributed by atoms with Crippen LogP contribution in [0.15, 0.2) is 36.9 Å². The van der Waals surface area contributed by atoms with E-state index in [1.165, 1.54) is 11.1 Å². The summed E-state index contributed by atoms with van der Waals surface area (Å²) < 4.78 is 0. The summed E-state index contributed by atoms with van der Waals surface area (Å²) in [5, 5.41) is 0. The standard InChI is InChI=1S/C12H17N/c1-3-4-8-12(13)11-7-5-6-10(2)9-11/h3,5-7,9,12H,1,4,8,13H2,2H3/t12-/m0/s1. The molecule has 2 N–H and O–H groups in total. The molecule has 0 bridgehead atoms. The zero-order valence-electron chi connectivity index (χ0n) is 8.16. The van der Waals surface area contributed by atoms with Crippen LogP contribution in [-0.2, 0) is 0 Å². The van der Waals surface area contributed by atoms with Gasteiger partial charge in [0.05, 0.1) is 0 Å². The maximum absolute atomic E-state index is 6.00. The zero-order valence-corrected chi connectivity index (χ0v) is 8.16. The number of hydrogen-bond acceptors (Lipinski definition) is 1. The van der Waals surface area contributed by atoms with Gasteiger partial charge in [-0.25, -0.2) is 0 Å². The minimum Gasteiger partial charge on any atom is -0.324 e. The van der Waals surface area contributed by atoms with Crippen molar-refractivity contribution in [1.82, 2.24) is 0 Å². The second-order valence-corrected chi connectivity index (χ2v) is 3.39. The van der Waals surface area contributed by atoms with Crippen molar-refractivity contribution < 1.29 is 0 Å². The van der Waals surface area contributed by atoms with E-state index in [0.717, 1.165) is 12.8 Å². The molecule has 1 aromatic carbocycles. The van der Waals surface area contributed by atoms with Crippen LogP contribution in [0.1, 0.15) is 30.0 Å². The van der Waals surface area contributed by atoms with E-state index in [0.29, 0.717) is 0 Å². The van der Waals surface area contributed by atoms with Crippen LogP contribution in [-0.4, -0.2) is 0 Å². The first-order valence-corrected chi connectivity index (χ1v) is 4.67. The van der Waals surface area contributed by atoms with Crippen molar-refractivity contribution in [3.63, 3.8) is 0 Å². The third-order valence-electron chi connectivity index (χ3n) is 2.15. The molecular formula is C12H17N.